The normalized spacial score (nSPS) is 15.2. The van der Waals surface area contributed by atoms with Crippen molar-refractivity contribution in [1.82, 2.24) is 24.1 Å². The summed E-state index contributed by atoms with van der Waals surface area (Å²) in [7, 11) is 1.59. The van der Waals surface area contributed by atoms with E-state index in [-0.39, 0.29) is 34.2 Å². The number of aromatic nitrogens is 5. The van der Waals surface area contributed by atoms with Gasteiger partial charge in [-0.1, -0.05) is 5.16 Å². The van der Waals surface area contributed by atoms with Crippen LogP contribution in [0.1, 0.15) is 44.2 Å². The molecule has 9 nitrogen and oxygen atoms in total. The lowest BCUT2D eigenvalue weighted by atomic mass is 10.1. The van der Waals surface area contributed by atoms with Gasteiger partial charge in [-0.3, -0.25) is 9.20 Å². The molecular weight excluding hydrogens is 391 g/mol. The molecule has 1 aromatic carbocycles. The molecule has 1 aliphatic carbocycles. The first kappa shape index (κ1) is 18.4. The van der Waals surface area contributed by atoms with Gasteiger partial charge in [0.25, 0.3) is 11.4 Å². The number of rotatable bonds is 4. The predicted octanol–water partition coefficient (Wildman–Crippen LogP) is 2.93. The average Bonchev–Trinajstić information content (AvgIpc) is 3.15. The van der Waals surface area contributed by atoms with E-state index in [2.05, 4.69) is 15.1 Å². The van der Waals surface area contributed by atoms with E-state index in [0.717, 1.165) is 12.8 Å². The minimum atomic E-state index is -0.685. The smallest absolute Gasteiger partial charge is 0.278 e. The van der Waals surface area contributed by atoms with Gasteiger partial charge in [0.05, 0.1) is 11.0 Å². The molecule has 0 unspecified atom stereocenters. The molecule has 152 valence electrons. The molecule has 0 saturated heterocycles. The van der Waals surface area contributed by atoms with Gasteiger partial charge in [0.2, 0.25) is 5.82 Å². The first-order chi connectivity index (χ1) is 14.4. The molecule has 0 N–H and O–H groups in total. The number of nitrogens with zero attached hydrogens (tertiary/aromatic N) is 6. The van der Waals surface area contributed by atoms with Crippen LogP contribution in [-0.2, 0) is 10.3 Å². The molecular formula is C20H17FN6O3. The van der Waals surface area contributed by atoms with Gasteiger partial charge in [0, 0.05) is 13.2 Å². The summed E-state index contributed by atoms with van der Waals surface area (Å²) in [5.41, 5.74) is 0.000255. The van der Waals surface area contributed by atoms with Crippen LogP contribution in [0.25, 0.3) is 28.1 Å². The molecule has 0 radical (unpaired) electrons. The highest BCUT2D eigenvalue weighted by atomic mass is 19.1. The maximum Gasteiger partial charge on any atom is 0.278 e. The topological polar surface area (TPSA) is 111 Å². The number of methoxy groups -OCH3 is 1. The van der Waals surface area contributed by atoms with Gasteiger partial charge in [0.1, 0.15) is 40.6 Å². The fourth-order valence-corrected chi connectivity index (χ4v) is 3.83. The van der Waals surface area contributed by atoms with Crippen molar-refractivity contribution in [3.8, 4) is 17.6 Å². The fraction of sp³-hybridized carbons (Fsp3) is 0.350. The van der Waals surface area contributed by atoms with Gasteiger partial charge in [0.15, 0.2) is 0 Å². The second-order valence-electron chi connectivity index (χ2n) is 7.60. The third-order valence-corrected chi connectivity index (χ3v) is 5.55. The third-order valence-electron chi connectivity index (χ3n) is 5.55. The minimum Gasteiger partial charge on any atom is -0.368 e. The number of imidazole rings is 1. The lowest BCUT2D eigenvalue weighted by Gasteiger charge is -2.16. The van der Waals surface area contributed by atoms with Crippen molar-refractivity contribution in [2.24, 2.45) is 0 Å². The minimum absolute atomic E-state index is 0.171. The molecule has 0 atom stereocenters. The first-order valence-corrected chi connectivity index (χ1v) is 9.45. The van der Waals surface area contributed by atoms with Crippen LogP contribution in [0.2, 0.25) is 0 Å². The highest BCUT2D eigenvalue weighted by Crippen LogP contribution is 2.48. The Morgan fingerprint density at radius 2 is 2.10 bits per heavy atom. The van der Waals surface area contributed by atoms with Crippen LogP contribution in [0, 0.1) is 17.1 Å². The van der Waals surface area contributed by atoms with Gasteiger partial charge >= 0.3 is 0 Å². The van der Waals surface area contributed by atoms with Crippen LogP contribution < -0.4 is 5.56 Å². The van der Waals surface area contributed by atoms with Crippen LogP contribution in [-0.4, -0.2) is 31.2 Å². The van der Waals surface area contributed by atoms with Crippen LogP contribution in [0.3, 0.4) is 0 Å². The summed E-state index contributed by atoms with van der Waals surface area (Å²) in [5, 5.41) is 13.5. The van der Waals surface area contributed by atoms with E-state index in [9.17, 15) is 14.4 Å². The molecule has 10 heteroatoms. The molecule has 4 aromatic rings. The Bertz CT molecular complexity index is 1420. The number of nitriles is 1. The number of fused-ring (bicyclic) bond motifs is 3. The molecule has 0 aliphatic heterocycles. The summed E-state index contributed by atoms with van der Waals surface area (Å²) in [6.07, 6.45) is 3.00. The maximum atomic E-state index is 14.3. The lowest BCUT2D eigenvalue weighted by Crippen LogP contribution is -2.25. The SMILES string of the molecule is COC1(c2nc(-c3ncn4c3c(=O)n(C(C)C)c3c(C#N)c(F)ccc34)no2)CC1. The molecule has 0 amide bonds. The monoisotopic (exact) mass is 408 g/mol. The Morgan fingerprint density at radius 1 is 1.33 bits per heavy atom. The second kappa shape index (κ2) is 6.21. The molecule has 0 bridgehead atoms. The van der Waals surface area contributed by atoms with E-state index >= 15 is 0 Å². The fourth-order valence-electron chi connectivity index (χ4n) is 3.83. The van der Waals surface area contributed by atoms with Crippen molar-refractivity contribution in [3.63, 3.8) is 0 Å². The molecule has 1 aliphatic rings. The van der Waals surface area contributed by atoms with Crippen LogP contribution in [0.5, 0.6) is 0 Å². The second-order valence-corrected chi connectivity index (χ2v) is 7.60. The van der Waals surface area contributed by atoms with Crippen molar-refractivity contribution in [2.75, 3.05) is 7.11 Å². The molecule has 3 aromatic heterocycles. The summed E-state index contributed by atoms with van der Waals surface area (Å²) >= 11 is 0. The third kappa shape index (κ3) is 2.35. The lowest BCUT2D eigenvalue weighted by molar-refractivity contribution is 0.0492. The Labute approximate surface area is 169 Å². The first-order valence-electron chi connectivity index (χ1n) is 9.45. The predicted molar refractivity (Wildman–Crippen MR) is 103 cm³/mol. The summed E-state index contributed by atoms with van der Waals surface area (Å²) in [5.74, 6) is -0.166. The van der Waals surface area contributed by atoms with Gasteiger partial charge in [-0.05, 0) is 38.8 Å². The Balaban J connectivity index is 1.84. The van der Waals surface area contributed by atoms with Crippen molar-refractivity contribution < 1.29 is 13.7 Å². The maximum absolute atomic E-state index is 14.3. The van der Waals surface area contributed by atoms with Crippen LogP contribution in [0.15, 0.2) is 27.8 Å². The van der Waals surface area contributed by atoms with E-state index in [1.54, 1.807) is 21.0 Å². The summed E-state index contributed by atoms with van der Waals surface area (Å²) in [6.45, 7) is 3.59. The number of hydrogen-bond donors (Lipinski definition) is 0. The Kier molecular flexibility index (Phi) is 3.82. The molecule has 5 rings (SSSR count). The summed E-state index contributed by atoms with van der Waals surface area (Å²) in [4.78, 5) is 22.2. The molecule has 3 heterocycles. The van der Waals surface area contributed by atoms with Crippen molar-refractivity contribution in [2.45, 2.75) is 38.3 Å². The van der Waals surface area contributed by atoms with Crippen molar-refractivity contribution in [3.05, 3.63) is 46.1 Å². The molecule has 1 fully saturated rings. The molecule has 1 saturated carbocycles. The van der Waals surface area contributed by atoms with Crippen LogP contribution in [0.4, 0.5) is 4.39 Å². The average molecular weight is 408 g/mol. The van der Waals surface area contributed by atoms with E-state index < -0.39 is 17.0 Å². The zero-order valence-corrected chi connectivity index (χ0v) is 16.5. The number of benzene rings is 1. The largest absolute Gasteiger partial charge is 0.368 e. The van der Waals surface area contributed by atoms with E-state index in [0.29, 0.717) is 11.4 Å². The van der Waals surface area contributed by atoms with Crippen molar-refractivity contribution in [1.29, 1.82) is 5.26 Å². The summed E-state index contributed by atoms with van der Waals surface area (Å²) < 4.78 is 28.1. The van der Waals surface area contributed by atoms with Gasteiger partial charge in [-0.2, -0.15) is 10.2 Å². The highest BCUT2D eigenvalue weighted by molar-refractivity contribution is 5.87. The Morgan fingerprint density at radius 3 is 2.73 bits per heavy atom. The number of halogens is 1. The van der Waals surface area contributed by atoms with Crippen molar-refractivity contribution >= 4 is 16.6 Å². The standard InChI is InChI=1S/C20H17FN6O3/c1-10(2)27-15-11(8-22)12(21)4-5-13(15)26-9-23-14(16(26)18(27)28)17-24-19(30-25-17)20(29-3)6-7-20/h4-5,9-10H,6-7H2,1-3H3. The van der Waals surface area contributed by atoms with Crippen LogP contribution >= 0.6 is 0 Å². The van der Waals surface area contributed by atoms with E-state index in [1.165, 1.54) is 27.4 Å². The van der Waals surface area contributed by atoms with Gasteiger partial charge in [-0.15, -0.1) is 0 Å². The molecule has 0 spiro atoms. The van der Waals surface area contributed by atoms with Gasteiger partial charge in [-0.25, -0.2) is 9.37 Å². The molecule has 30 heavy (non-hydrogen) atoms. The Hall–Kier alpha value is -3.58. The number of hydrogen-bond acceptors (Lipinski definition) is 7. The zero-order chi connectivity index (χ0) is 21.2. The highest BCUT2D eigenvalue weighted by Gasteiger charge is 2.50. The quantitative estimate of drug-likeness (QED) is 0.510. The number of ether oxygens (including phenoxy) is 1. The van der Waals surface area contributed by atoms with E-state index in [1.807, 2.05) is 6.07 Å². The van der Waals surface area contributed by atoms with E-state index in [4.69, 9.17) is 9.26 Å². The van der Waals surface area contributed by atoms with Gasteiger partial charge < -0.3 is 13.8 Å². The summed E-state index contributed by atoms with van der Waals surface area (Å²) in [6, 6.07) is 4.27. The zero-order valence-electron chi connectivity index (χ0n) is 16.5.